The molecule has 7 heteroatoms. The molecule has 0 amide bonds. The first-order chi connectivity index (χ1) is 14.5. The molecule has 1 aromatic rings. The predicted octanol–water partition coefficient (Wildman–Crippen LogP) is 2.13. The lowest BCUT2D eigenvalue weighted by atomic mass is 9.44. The van der Waals surface area contributed by atoms with Gasteiger partial charge in [0.1, 0.15) is 12.0 Å². The van der Waals surface area contributed by atoms with Crippen LogP contribution in [-0.2, 0) is 29.2 Å². The van der Waals surface area contributed by atoms with Crippen LogP contribution in [0.3, 0.4) is 0 Å². The molecular formula is C23H28N2O5. The van der Waals surface area contributed by atoms with Gasteiger partial charge in [0.05, 0.1) is 25.2 Å². The Bertz CT molecular complexity index is 945. The normalized spacial score (nSPS) is 39.5. The van der Waals surface area contributed by atoms with E-state index in [0.29, 0.717) is 26.0 Å². The lowest BCUT2D eigenvalue weighted by Gasteiger charge is -2.62. The van der Waals surface area contributed by atoms with Crippen molar-refractivity contribution in [1.29, 1.82) is 0 Å². The van der Waals surface area contributed by atoms with Crippen LogP contribution in [0.4, 0.5) is 5.69 Å². The van der Waals surface area contributed by atoms with Gasteiger partial charge in [0.15, 0.2) is 5.72 Å². The zero-order valence-corrected chi connectivity index (χ0v) is 17.6. The fraction of sp³-hybridized carbons (Fsp3) is 0.565. The number of piperidine rings is 1. The molecule has 2 saturated heterocycles. The summed E-state index contributed by atoms with van der Waals surface area (Å²) >= 11 is 0. The standard InChI is InChI=1S/C23H28N2O5/c1-4-15-12-24-19-11-17(15)21(20(27)28-3,13-29-14(2)26)22-9-10-30-23(19,22)25-18-8-6-5-7-16(18)22/h4-8,17,19,24-25H,9-13H2,1-3H3/b15-4-/t17-,19+,21+,22+,23+/m1/s1. The van der Waals surface area contributed by atoms with Gasteiger partial charge < -0.3 is 24.8 Å². The Balaban J connectivity index is 1.84. The van der Waals surface area contributed by atoms with Gasteiger partial charge in [0.25, 0.3) is 0 Å². The Hall–Kier alpha value is -2.38. The second-order valence-electron chi connectivity index (χ2n) is 8.74. The minimum atomic E-state index is -1.09. The molecule has 3 heterocycles. The molecule has 160 valence electrons. The summed E-state index contributed by atoms with van der Waals surface area (Å²) in [5.74, 6) is -0.873. The van der Waals surface area contributed by atoms with E-state index < -0.39 is 22.5 Å². The number of methoxy groups -OCH3 is 1. The van der Waals surface area contributed by atoms with Crippen molar-refractivity contribution in [3.05, 3.63) is 41.5 Å². The first-order valence-corrected chi connectivity index (χ1v) is 10.6. The van der Waals surface area contributed by atoms with Crippen LogP contribution in [0.2, 0.25) is 0 Å². The van der Waals surface area contributed by atoms with Gasteiger partial charge in [-0.25, -0.2) is 0 Å². The van der Waals surface area contributed by atoms with E-state index >= 15 is 0 Å². The van der Waals surface area contributed by atoms with Crippen molar-refractivity contribution < 1.29 is 23.8 Å². The molecule has 5 atom stereocenters. The Morgan fingerprint density at radius 2 is 2.13 bits per heavy atom. The number of ether oxygens (including phenoxy) is 3. The minimum Gasteiger partial charge on any atom is -0.468 e. The molecule has 3 fully saturated rings. The largest absolute Gasteiger partial charge is 0.468 e. The fourth-order valence-corrected chi connectivity index (χ4v) is 6.86. The Morgan fingerprint density at radius 1 is 1.33 bits per heavy atom. The van der Waals surface area contributed by atoms with Crippen molar-refractivity contribution >= 4 is 17.6 Å². The topological polar surface area (TPSA) is 85.9 Å². The molecule has 3 aliphatic heterocycles. The van der Waals surface area contributed by atoms with Gasteiger partial charge in [0.2, 0.25) is 0 Å². The third kappa shape index (κ3) is 2.07. The molecular weight excluding hydrogens is 384 g/mol. The van der Waals surface area contributed by atoms with E-state index in [4.69, 9.17) is 14.2 Å². The van der Waals surface area contributed by atoms with E-state index in [1.165, 1.54) is 14.0 Å². The average molecular weight is 412 g/mol. The summed E-state index contributed by atoms with van der Waals surface area (Å²) in [6.07, 6.45) is 3.41. The SMILES string of the molecule is C/C=C1/CN[C@H]2C[C@H]1[C@@](COC(C)=O)(C(=O)OC)[C@@]13CCO[C@@]21Nc1ccccc13. The third-order valence-electron chi connectivity index (χ3n) is 7.89. The number of benzene rings is 1. The Kier molecular flexibility index (Phi) is 4.28. The van der Waals surface area contributed by atoms with Crippen LogP contribution < -0.4 is 10.6 Å². The van der Waals surface area contributed by atoms with Crippen molar-refractivity contribution in [1.82, 2.24) is 5.32 Å². The minimum absolute atomic E-state index is 0.0104. The summed E-state index contributed by atoms with van der Waals surface area (Å²) in [6.45, 7) is 4.51. The molecule has 7 nitrogen and oxygen atoms in total. The van der Waals surface area contributed by atoms with Crippen LogP contribution >= 0.6 is 0 Å². The monoisotopic (exact) mass is 412 g/mol. The van der Waals surface area contributed by atoms with E-state index in [1.54, 1.807) is 0 Å². The molecule has 1 aromatic carbocycles. The van der Waals surface area contributed by atoms with Gasteiger partial charge in [0, 0.05) is 25.1 Å². The number of fused-ring (bicyclic) bond motifs is 3. The fourth-order valence-electron chi connectivity index (χ4n) is 6.86. The third-order valence-corrected chi connectivity index (χ3v) is 7.89. The summed E-state index contributed by atoms with van der Waals surface area (Å²) in [4.78, 5) is 25.7. The lowest BCUT2D eigenvalue weighted by molar-refractivity contribution is -0.197. The molecule has 0 radical (unpaired) electrons. The van der Waals surface area contributed by atoms with E-state index in [0.717, 1.165) is 16.8 Å². The number of esters is 2. The lowest BCUT2D eigenvalue weighted by Crippen LogP contribution is -2.78. The van der Waals surface area contributed by atoms with Crippen molar-refractivity contribution in [3.63, 3.8) is 0 Å². The molecule has 2 bridgehead atoms. The number of nitrogens with one attached hydrogen (secondary N) is 2. The molecule has 0 spiro atoms. The molecule has 5 rings (SSSR count). The molecule has 0 unspecified atom stereocenters. The van der Waals surface area contributed by atoms with E-state index in [2.05, 4.69) is 22.8 Å². The van der Waals surface area contributed by atoms with Gasteiger partial charge in [-0.05, 0) is 31.4 Å². The number of hydrogen-bond donors (Lipinski definition) is 2. The average Bonchev–Trinajstić information content (AvgIpc) is 3.27. The molecule has 2 N–H and O–H groups in total. The van der Waals surface area contributed by atoms with Crippen LogP contribution in [0, 0.1) is 11.3 Å². The number of para-hydroxylation sites is 1. The van der Waals surface area contributed by atoms with Gasteiger partial charge in [-0.1, -0.05) is 29.8 Å². The van der Waals surface area contributed by atoms with E-state index in [-0.39, 0.29) is 24.5 Å². The van der Waals surface area contributed by atoms with Crippen LogP contribution in [0.25, 0.3) is 0 Å². The predicted molar refractivity (Wildman–Crippen MR) is 110 cm³/mol. The van der Waals surface area contributed by atoms with Crippen molar-refractivity contribution in [2.75, 3.05) is 32.2 Å². The molecule has 1 aliphatic carbocycles. The number of carbonyl (C=O) groups is 2. The van der Waals surface area contributed by atoms with Gasteiger partial charge in [-0.15, -0.1) is 0 Å². The summed E-state index contributed by atoms with van der Waals surface area (Å²) in [5, 5.41) is 7.32. The van der Waals surface area contributed by atoms with Gasteiger partial charge in [-0.3, -0.25) is 9.59 Å². The zero-order valence-electron chi connectivity index (χ0n) is 17.6. The van der Waals surface area contributed by atoms with Gasteiger partial charge >= 0.3 is 11.9 Å². The second-order valence-corrected chi connectivity index (χ2v) is 8.74. The molecule has 4 aliphatic rings. The summed E-state index contributed by atoms with van der Waals surface area (Å²) < 4.78 is 17.6. The maximum atomic E-state index is 13.8. The summed E-state index contributed by atoms with van der Waals surface area (Å²) in [5.41, 5.74) is 0.515. The number of anilines is 1. The van der Waals surface area contributed by atoms with Crippen LogP contribution in [0.1, 0.15) is 32.3 Å². The molecule has 30 heavy (non-hydrogen) atoms. The maximum absolute atomic E-state index is 13.8. The number of allylic oxidation sites excluding steroid dienone is 1. The highest BCUT2D eigenvalue weighted by molar-refractivity contribution is 5.85. The molecule has 1 saturated carbocycles. The van der Waals surface area contributed by atoms with E-state index in [1.807, 2.05) is 25.1 Å². The number of rotatable bonds is 3. The van der Waals surface area contributed by atoms with E-state index in [9.17, 15) is 9.59 Å². The Labute approximate surface area is 176 Å². The van der Waals surface area contributed by atoms with Crippen LogP contribution in [-0.4, -0.2) is 50.6 Å². The number of carbonyl (C=O) groups excluding carboxylic acids is 2. The first-order valence-electron chi connectivity index (χ1n) is 10.6. The van der Waals surface area contributed by atoms with Crippen molar-refractivity contribution in [2.24, 2.45) is 11.3 Å². The second kappa shape index (κ2) is 6.56. The zero-order chi connectivity index (χ0) is 21.1. The smallest absolute Gasteiger partial charge is 0.317 e. The van der Waals surface area contributed by atoms with Crippen molar-refractivity contribution in [3.8, 4) is 0 Å². The number of hydrogen-bond acceptors (Lipinski definition) is 7. The van der Waals surface area contributed by atoms with Crippen molar-refractivity contribution in [2.45, 2.75) is 43.9 Å². The van der Waals surface area contributed by atoms with Gasteiger partial charge in [-0.2, -0.15) is 0 Å². The van der Waals surface area contributed by atoms with Crippen LogP contribution in [0.5, 0.6) is 0 Å². The highest BCUT2D eigenvalue weighted by Gasteiger charge is 2.81. The Morgan fingerprint density at radius 3 is 2.87 bits per heavy atom. The highest BCUT2D eigenvalue weighted by Crippen LogP contribution is 2.70. The maximum Gasteiger partial charge on any atom is 0.317 e. The first kappa shape index (κ1) is 19.6. The summed E-state index contributed by atoms with van der Waals surface area (Å²) in [7, 11) is 1.42. The molecule has 0 aromatic heterocycles. The highest BCUT2D eigenvalue weighted by atomic mass is 16.6. The summed E-state index contributed by atoms with van der Waals surface area (Å²) in [6, 6.07) is 8.08. The quantitative estimate of drug-likeness (QED) is 0.581. The van der Waals surface area contributed by atoms with Crippen LogP contribution in [0.15, 0.2) is 35.9 Å².